The van der Waals surface area contributed by atoms with Crippen LogP contribution in [0.4, 0.5) is 0 Å². The molecule has 3 heteroatoms. The zero-order valence-corrected chi connectivity index (χ0v) is 10.1. The molecule has 1 aromatic rings. The Balaban J connectivity index is 1.91. The summed E-state index contributed by atoms with van der Waals surface area (Å²) in [5.74, 6) is 3.79. The van der Waals surface area contributed by atoms with Crippen LogP contribution in [0.5, 0.6) is 0 Å². The maximum absolute atomic E-state index is 6.01. The van der Waals surface area contributed by atoms with Crippen LogP contribution in [-0.4, -0.2) is 18.1 Å². The van der Waals surface area contributed by atoms with Crippen molar-refractivity contribution in [3.8, 4) is 0 Å². The molecule has 1 saturated heterocycles. The highest BCUT2D eigenvalue weighted by molar-refractivity contribution is 5.23. The summed E-state index contributed by atoms with van der Waals surface area (Å²) >= 11 is 0. The van der Waals surface area contributed by atoms with Crippen molar-refractivity contribution in [2.24, 2.45) is 0 Å². The van der Waals surface area contributed by atoms with E-state index in [-0.39, 0.29) is 0 Å². The Kier molecular flexibility index (Phi) is 2.51. The summed E-state index contributed by atoms with van der Waals surface area (Å²) in [5.41, 5.74) is 1.26. The van der Waals surface area contributed by atoms with E-state index in [0.717, 1.165) is 24.7 Å². The fourth-order valence-corrected chi connectivity index (χ4v) is 2.46. The van der Waals surface area contributed by atoms with Gasteiger partial charge in [-0.2, -0.15) is 0 Å². The highest BCUT2D eigenvalue weighted by Gasteiger charge is 2.33. The lowest BCUT2D eigenvalue weighted by atomic mass is 10.1. The Bertz CT molecular complexity index is 354. The number of hydrogen-bond donors (Lipinski definition) is 1. The highest BCUT2D eigenvalue weighted by atomic mass is 16.4. The van der Waals surface area contributed by atoms with E-state index in [1.807, 2.05) is 0 Å². The van der Waals surface area contributed by atoms with E-state index in [1.165, 1.54) is 25.0 Å². The Morgan fingerprint density at radius 1 is 1.25 bits per heavy atom. The lowest BCUT2D eigenvalue weighted by Gasteiger charge is -2.03. The summed E-state index contributed by atoms with van der Waals surface area (Å²) < 4.78 is 6.01. The van der Waals surface area contributed by atoms with Crippen molar-refractivity contribution in [3.05, 3.63) is 17.3 Å². The molecule has 1 atom stereocenters. The Morgan fingerprint density at radius 2 is 2.06 bits per heavy atom. The van der Waals surface area contributed by atoms with Crippen LogP contribution in [0.2, 0.25) is 0 Å². The lowest BCUT2D eigenvalue weighted by Crippen LogP contribution is -2.08. The van der Waals surface area contributed by atoms with Crippen LogP contribution in [0.1, 0.15) is 68.2 Å². The molecule has 0 radical (unpaired) electrons. The molecule has 16 heavy (non-hydrogen) atoms. The molecule has 2 heterocycles. The summed E-state index contributed by atoms with van der Waals surface area (Å²) in [6.07, 6.45) is 3.77. The van der Waals surface area contributed by atoms with Crippen LogP contribution in [0.3, 0.4) is 0 Å². The number of aromatic nitrogens is 1. The van der Waals surface area contributed by atoms with Crippen molar-refractivity contribution >= 4 is 0 Å². The van der Waals surface area contributed by atoms with Crippen LogP contribution in [0, 0.1) is 0 Å². The Hall–Kier alpha value is -0.830. The SMILES string of the molecule is CC(C)c1oc(C2CCNC2)nc1C1CC1. The molecule has 0 bridgehead atoms. The Labute approximate surface area is 96.6 Å². The van der Waals surface area contributed by atoms with Crippen molar-refractivity contribution in [1.29, 1.82) is 0 Å². The molecule has 0 aromatic carbocycles. The van der Waals surface area contributed by atoms with Gasteiger partial charge in [0.2, 0.25) is 0 Å². The van der Waals surface area contributed by atoms with E-state index >= 15 is 0 Å². The molecule has 2 aliphatic rings. The third kappa shape index (κ3) is 1.77. The van der Waals surface area contributed by atoms with Gasteiger partial charge in [-0.1, -0.05) is 13.8 Å². The topological polar surface area (TPSA) is 38.1 Å². The summed E-state index contributed by atoms with van der Waals surface area (Å²) in [6, 6.07) is 0. The molecule has 1 unspecified atom stereocenters. The van der Waals surface area contributed by atoms with Crippen LogP contribution >= 0.6 is 0 Å². The molecule has 88 valence electrons. The van der Waals surface area contributed by atoms with Crippen LogP contribution < -0.4 is 5.32 Å². The van der Waals surface area contributed by atoms with E-state index < -0.39 is 0 Å². The van der Waals surface area contributed by atoms with Gasteiger partial charge in [0.15, 0.2) is 5.89 Å². The number of hydrogen-bond acceptors (Lipinski definition) is 3. The average Bonchev–Trinajstić information content (AvgIpc) is 2.83. The van der Waals surface area contributed by atoms with Gasteiger partial charge in [0, 0.05) is 24.3 Å². The molecule has 3 rings (SSSR count). The first-order valence-electron chi connectivity index (χ1n) is 6.47. The van der Waals surface area contributed by atoms with Gasteiger partial charge >= 0.3 is 0 Å². The van der Waals surface area contributed by atoms with E-state index in [0.29, 0.717) is 17.8 Å². The quantitative estimate of drug-likeness (QED) is 0.851. The molecule has 1 saturated carbocycles. The largest absolute Gasteiger partial charge is 0.445 e. The number of rotatable bonds is 3. The third-order valence-corrected chi connectivity index (χ3v) is 3.60. The van der Waals surface area contributed by atoms with E-state index in [1.54, 1.807) is 0 Å². The second-order valence-corrected chi connectivity index (χ2v) is 5.42. The maximum atomic E-state index is 6.01. The first-order chi connectivity index (χ1) is 7.75. The van der Waals surface area contributed by atoms with E-state index in [2.05, 4.69) is 19.2 Å². The molecule has 3 nitrogen and oxygen atoms in total. The van der Waals surface area contributed by atoms with Gasteiger partial charge in [0.25, 0.3) is 0 Å². The van der Waals surface area contributed by atoms with Gasteiger partial charge in [0.05, 0.1) is 5.69 Å². The van der Waals surface area contributed by atoms with Crippen molar-refractivity contribution in [2.45, 2.75) is 50.9 Å². The Morgan fingerprint density at radius 3 is 2.62 bits per heavy atom. The zero-order valence-electron chi connectivity index (χ0n) is 10.1. The predicted molar refractivity (Wildman–Crippen MR) is 62.8 cm³/mol. The molecule has 1 aliphatic carbocycles. The smallest absolute Gasteiger partial charge is 0.199 e. The maximum Gasteiger partial charge on any atom is 0.199 e. The van der Waals surface area contributed by atoms with Crippen molar-refractivity contribution in [3.63, 3.8) is 0 Å². The standard InChI is InChI=1S/C13H20N2O/c1-8(2)12-11(9-3-4-9)15-13(16-12)10-5-6-14-7-10/h8-10,14H,3-7H2,1-2H3. The summed E-state index contributed by atoms with van der Waals surface area (Å²) in [5, 5.41) is 3.37. The van der Waals surface area contributed by atoms with Crippen LogP contribution in [0.25, 0.3) is 0 Å². The zero-order chi connectivity index (χ0) is 11.1. The minimum Gasteiger partial charge on any atom is -0.445 e. The lowest BCUT2D eigenvalue weighted by molar-refractivity contribution is 0.412. The molecular weight excluding hydrogens is 200 g/mol. The molecule has 0 spiro atoms. The minimum absolute atomic E-state index is 0.464. The second kappa shape index (κ2) is 3.88. The van der Waals surface area contributed by atoms with Crippen LogP contribution in [0.15, 0.2) is 4.42 Å². The molecule has 1 N–H and O–H groups in total. The van der Waals surface area contributed by atoms with Crippen molar-refractivity contribution in [2.75, 3.05) is 13.1 Å². The van der Waals surface area contributed by atoms with Gasteiger partial charge in [-0.25, -0.2) is 4.98 Å². The first kappa shape index (κ1) is 10.3. The fraction of sp³-hybridized carbons (Fsp3) is 0.769. The van der Waals surface area contributed by atoms with Gasteiger partial charge in [-0.05, 0) is 25.8 Å². The molecule has 1 aromatic heterocycles. The van der Waals surface area contributed by atoms with Gasteiger partial charge < -0.3 is 9.73 Å². The summed E-state index contributed by atoms with van der Waals surface area (Å²) in [4.78, 5) is 4.77. The monoisotopic (exact) mass is 220 g/mol. The van der Waals surface area contributed by atoms with Crippen molar-refractivity contribution in [1.82, 2.24) is 10.3 Å². The van der Waals surface area contributed by atoms with Crippen LogP contribution in [-0.2, 0) is 0 Å². The summed E-state index contributed by atoms with van der Waals surface area (Å²) in [7, 11) is 0. The minimum atomic E-state index is 0.464. The van der Waals surface area contributed by atoms with Crippen molar-refractivity contribution < 1.29 is 4.42 Å². The first-order valence-corrected chi connectivity index (χ1v) is 6.47. The number of nitrogens with zero attached hydrogens (tertiary/aromatic N) is 1. The number of nitrogens with one attached hydrogen (secondary N) is 1. The van der Waals surface area contributed by atoms with E-state index in [4.69, 9.17) is 9.40 Å². The highest BCUT2D eigenvalue weighted by Crippen LogP contribution is 2.44. The molecule has 1 aliphatic heterocycles. The molecular formula is C13H20N2O. The second-order valence-electron chi connectivity index (χ2n) is 5.42. The van der Waals surface area contributed by atoms with Gasteiger partial charge in [0.1, 0.15) is 5.76 Å². The average molecular weight is 220 g/mol. The normalized spacial score (nSPS) is 25.6. The van der Waals surface area contributed by atoms with Gasteiger partial charge in [-0.3, -0.25) is 0 Å². The predicted octanol–water partition coefficient (Wildman–Crippen LogP) is 2.75. The van der Waals surface area contributed by atoms with E-state index in [9.17, 15) is 0 Å². The summed E-state index contributed by atoms with van der Waals surface area (Å²) in [6.45, 7) is 6.52. The number of oxazole rings is 1. The molecule has 0 amide bonds. The van der Waals surface area contributed by atoms with Gasteiger partial charge in [-0.15, -0.1) is 0 Å². The molecule has 2 fully saturated rings. The fourth-order valence-electron chi connectivity index (χ4n) is 2.46. The third-order valence-electron chi connectivity index (χ3n) is 3.60.